The van der Waals surface area contributed by atoms with Crippen LogP contribution in [0.2, 0.25) is 0 Å². The molecular formula is C18H28N6. The molecule has 0 radical (unpaired) electrons. The molecular weight excluding hydrogens is 300 g/mol. The SMILES string of the molecule is Cn1cc(CN2CCC(Cn3ccnn3)CC2)c(C2CCCC2)n1. The van der Waals surface area contributed by atoms with Gasteiger partial charge in [-0.05, 0) is 44.7 Å². The standard InChI is InChI=1S/C18H28N6/c1-22-13-17(18(20-22)16-4-2-3-5-16)14-23-9-6-15(7-10-23)12-24-11-8-19-21-24/h8,11,13,15-16H,2-7,9-10,12,14H2,1H3. The molecule has 6 heteroatoms. The van der Waals surface area contributed by atoms with Crippen molar-refractivity contribution < 1.29 is 0 Å². The first-order chi connectivity index (χ1) is 11.8. The molecule has 0 amide bonds. The molecule has 0 bridgehead atoms. The molecule has 3 heterocycles. The number of rotatable bonds is 5. The normalized spacial score (nSPS) is 20.9. The highest BCUT2D eigenvalue weighted by Gasteiger charge is 2.25. The van der Waals surface area contributed by atoms with E-state index in [1.807, 2.05) is 15.6 Å². The maximum Gasteiger partial charge on any atom is 0.0700 e. The van der Waals surface area contributed by atoms with Gasteiger partial charge in [0.05, 0.1) is 11.9 Å². The van der Waals surface area contributed by atoms with E-state index in [0.717, 1.165) is 19.0 Å². The van der Waals surface area contributed by atoms with Crippen LogP contribution >= 0.6 is 0 Å². The third-order valence-electron chi connectivity index (χ3n) is 5.70. The van der Waals surface area contributed by atoms with E-state index in [-0.39, 0.29) is 0 Å². The van der Waals surface area contributed by atoms with E-state index in [1.165, 1.54) is 62.9 Å². The van der Waals surface area contributed by atoms with Crippen LogP contribution in [0, 0.1) is 5.92 Å². The molecule has 1 saturated heterocycles. The topological polar surface area (TPSA) is 51.8 Å². The monoisotopic (exact) mass is 328 g/mol. The summed E-state index contributed by atoms with van der Waals surface area (Å²) in [5.41, 5.74) is 2.83. The van der Waals surface area contributed by atoms with Crippen molar-refractivity contribution in [3.63, 3.8) is 0 Å². The zero-order chi connectivity index (χ0) is 16.4. The molecule has 130 valence electrons. The van der Waals surface area contributed by atoms with Crippen LogP contribution in [0.5, 0.6) is 0 Å². The highest BCUT2D eigenvalue weighted by atomic mass is 15.4. The average Bonchev–Trinajstić information content (AvgIpc) is 3.31. The Morgan fingerprint density at radius 3 is 2.62 bits per heavy atom. The minimum Gasteiger partial charge on any atom is -0.299 e. The fourth-order valence-electron chi connectivity index (χ4n) is 4.38. The molecule has 0 aromatic carbocycles. The lowest BCUT2D eigenvalue weighted by atomic mass is 9.95. The van der Waals surface area contributed by atoms with Gasteiger partial charge in [-0.15, -0.1) is 5.10 Å². The predicted octanol–water partition coefficient (Wildman–Crippen LogP) is 2.58. The summed E-state index contributed by atoms with van der Waals surface area (Å²) in [4.78, 5) is 2.60. The van der Waals surface area contributed by atoms with Crippen LogP contribution in [-0.2, 0) is 20.1 Å². The summed E-state index contributed by atoms with van der Waals surface area (Å²) >= 11 is 0. The molecule has 1 aliphatic heterocycles. The fourth-order valence-corrected chi connectivity index (χ4v) is 4.38. The molecule has 2 aromatic rings. The van der Waals surface area contributed by atoms with Crippen molar-refractivity contribution in [2.45, 2.75) is 57.5 Å². The summed E-state index contributed by atoms with van der Waals surface area (Å²) in [5.74, 6) is 1.43. The Hall–Kier alpha value is -1.69. The van der Waals surface area contributed by atoms with Crippen LogP contribution in [-0.4, -0.2) is 42.8 Å². The maximum absolute atomic E-state index is 4.79. The Balaban J connectivity index is 1.34. The maximum atomic E-state index is 4.79. The number of aryl methyl sites for hydroxylation is 1. The number of hydrogen-bond acceptors (Lipinski definition) is 4. The summed E-state index contributed by atoms with van der Waals surface area (Å²) in [6, 6.07) is 0. The largest absolute Gasteiger partial charge is 0.299 e. The Labute approximate surface area is 143 Å². The van der Waals surface area contributed by atoms with Gasteiger partial charge in [-0.3, -0.25) is 14.3 Å². The summed E-state index contributed by atoms with van der Waals surface area (Å²) in [7, 11) is 2.06. The van der Waals surface area contributed by atoms with E-state index in [4.69, 9.17) is 5.10 Å². The smallest absolute Gasteiger partial charge is 0.0700 e. The minimum atomic E-state index is 0.700. The van der Waals surface area contributed by atoms with Gasteiger partial charge in [-0.25, -0.2) is 0 Å². The van der Waals surface area contributed by atoms with E-state index in [0.29, 0.717) is 5.92 Å². The molecule has 4 rings (SSSR count). The van der Waals surface area contributed by atoms with E-state index in [9.17, 15) is 0 Å². The van der Waals surface area contributed by atoms with Crippen molar-refractivity contribution in [3.05, 3.63) is 29.8 Å². The highest BCUT2D eigenvalue weighted by molar-refractivity contribution is 5.22. The molecule has 24 heavy (non-hydrogen) atoms. The first-order valence-electron chi connectivity index (χ1n) is 9.37. The second-order valence-electron chi connectivity index (χ2n) is 7.54. The Morgan fingerprint density at radius 1 is 1.12 bits per heavy atom. The number of aromatic nitrogens is 5. The van der Waals surface area contributed by atoms with Crippen LogP contribution in [0.1, 0.15) is 55.7 Å². The van der Waals surface area contributed by atoms with Gasteiger partial charge < -0.3 is 0 Å². The molecule has 0 atom stereocenters. The predicted molar refractivity (Wildman–Crippen MR) is 92.4 cm³/mol. The van der Waals surface area contributed by atoms with Crippen molar-refractivity contribution in [1.29, 1.82) is 0 Å². The number of likely N-dealkylation sites (tertiary alicyclic amines) is 1. The molecule has 2 aliphatic rings. The van der Waals surface area contributed by atoms with Gasteiger partial charge in [0.15, 0.2) is 0 Å². The summed E-state index contributed by atoms with van der Waals surface area (Å²) in [6.45, 7) is 4.43. The molecule has 2 fully saturated rings. The van der Waals surface area contributed by atoms with Gasteiger partial charge in [0.1, 0.15) is 0 Å². The average molecular weight is 328 g/mol. The van der Waals surface area contributed by atoms with E-state index < -0.39 is 0 Å². The number of piperidine rings is 1. The first-order valence-corrected chi connectivity index (χ1v) is 9.37. The van der Waals surface area contributed by atoms with Gasteiger partial charge in [0.25, 0.3) is 0 Å². The number of nitrogens with zero attached hydrogens (tertiary/aromatic N) is 6. The van der Waals surface area contributed by atoms with Crippen LogP contribution < -0.4 is 0 Å². The molecule has 0 N–H and O–H groups in total. The zero-order valence-corrected chi connectivity index (χ0v) is 14.6. The zero-order valence-electron chi connectivity index (χ0n) is 14.6. The molecule has 0 unspecified atom stereocenters. The minimum absolute atomic E-state index is 0.700. The quantitative estimate of drug-likeness (QED) is 0.846. The lowest BCUT2D eigenvalue weighted by Crippen LogP contribution is -2.34. The third-order valence-corrected chi connectivity index (χ3v) is 5.70. The van der Waals surface area contributed by atoms with Crippen molar-refractivity contribution >= 4 is 0 Å². The Bertz CT molecular complexity index is 633. The van der Waals surface area contributed by atoms with Crippen molar-refractivity contribution in [2.75, 3.05) is 13.1 Å². The lowest BCUT2D eigenvalue weighted by molar-refractivity contribution is 0.163. The summed E-state index contributed by atoms with van der Waals surface area (Å²) in [6.07, 6.45) is 13.9. The van der Waals surface area contributed by atoms with Gasteiger partial charge in [-0.1, -0.05) is 18.1 Å². The highest BCUT2D eigenvalue weighted by Crippen LogP contribution is 2.35. The van der Waals surface area contributed by atoms with Gasteiger partial charge in [0, 0.05) is 44.0 Å². The molecule has 1 saturated carbocycles. The lowest BCUT2D eigenvalue weighted by Gasteiger charge is -2.31. The Morgan fingerprint density at radius 2 is 1.92 bits per heavy atom. The summed E-state index contributed by atoms with van der Waals surface area (Å²) in [5, 5.41) is 12.8. The molecule has 1 aliphatic carbocycles. The van der Waals surface area contributed by atoms with Crippen LogP contribution in [0.3, 0.4) is 0 Å². The van der Waals surface area contributed by atoms with Crippen molar-refractivity contribution in [1.82, 2.24) is 29.7 Å². The Kier molecular flexibility index (Phi) is 4.65. The molecule has 0 spiro atoms. The van der Waals surface area contributed by atoms with Crippen molar-refractivity contribution in [3.8, 4) is 0 Å². The summed E-state index contributed by atoms with van der Waals surface area (Å²) < 4.78 is 3.99. The van der Waals surface area contributed by atoms with Gasteiger partial charge >= 0.3 is 0 Å². The number of hydrogen-bond donors (Lipinski definition) is 0. The van der Waals surface area contributed by atoms with Crippen LogP contribution in [0.25, 0.3) is 0 Å². The van der Waals surface area contributed by atoms with Crippen molar-refractivity contribution in [2.24, 2.45) is 13.0 Å². The van der Waals surface area contributed by atoms with E-state index in [1.54, 1.807) is 6.20 Å². The van der Waals surface area contributed by atoms with Crippen LogP contribution in [0.4, 0.5) is 0 Å². The third kappa shape index (κ3) is 3.53. The second-order valence-corrected chi connectivity index (χ2v) is 7.54. The first kappa shape index (κ1) is 15.8. The van der Waals surface area contributed by atoms with Gasteiger partial charge in [-0.2, -0.15) is 5.10 Å². The van der Waals surface area contributed by atoms with E-state index in [2.05, 4.69) is 28.5 Å². The molecule has 2 aromatic heterocycles. The second kappa shape index (κ2) is 7.05. The van der Waals surface area contributed by atoms with Crippen LogP contribution in [0.15, 0.2) is 18.6 Å². The molecule has 6 nitrogen and oxygen atoms in total. The van der Waals surface area contributed by atoms with Gasteiger partial charge in [0.2, 0.25) is 0 Å². The fraction of sp³-hybridized carbons (Fsp3) is 0.722. The van der Waals surface area contributed by atoms with E-state index >= 15 is 0 Å².